The Labute approximate surface area is 138 Å². The van der Waals surface area contributed by atoms with Crippen LogP contribution in [-0.2, 0) is 7.05 Å². The molecule has 0 fully saturated rings. The molecule has 0 saturated heterocycles. The van der Waals surface area contributed by atoms with Gasteiger partial charge in [0, 0.05) is 25.7 Å². The summed E-state index contributed by atoms with van der Waals surface area (Å²) in [5.41, 5.74) is 6.22. The number of nitrogens with one attached hydrogen (secondary N) is 1. The van der Waals surface area contributed by atoms with Gasteiger partial charge < -0.3 is 10.2 Å². The minimum Gasteiger partial charge on any atom is -0.349 e. The molecule has 1 aromatic heterocycles. The summed E-state index contributed by atoms with van der Waals surface area (Å²) in [4.78, 5) is 14.3. The highest BCUT2D eigenvalue weighted by atomic mass is 16.1. The Bertz CT molecular complexity index is 693. The molecule has 5 heteroatoms. The average Bonchev–Trinajstić information content (AvgIpc) is 2.79. The molecule has 0 atom stereocenters. The molecule has 1 amide bonds. The van der Waals surface area contributed by atoms with Crippen molar-refractivity contribution in [3.05, 3.63) is 40.6 Å². The number of carbonyl (C=O) groups excluding carboxylic acids is 1. The van der Waals surface area contributed by atoms with Crippen molar-refractivity contribution in [2.45, 2.75) is 20.8 Å². The van der Waals surface area contributed by atoms with Crippen molar-refractivity contribution in [2.24, 2.45) is 7.05 Å². The van der Waals surface area contributed by atoms with E-state index in [2.05, 4.69) is 43.3 Å². The normalized spacial score (nSPS) is 11.1. The topological polar surface area (TPSA) is 50.2 Å². The summed E-state index contributed by atoms with van der Waals surface area (Å²) in [7, 11) is 5.84. The quantitative estimate of drug-likeness (QED) is 0.921. The molecule has 1 heterocycles. The number of hydrogen-bond acceptors (Lipinski definition) is 3. The maximum atomic E-state index is 12.2. The van der Waals surface area contributed by atoms with Crippen molar-refractivity contribution >= 4 is 5.91 Å². The molecule has 0 radical (unpaired) electrons. The van der Waals surface area contributed by atoms with E-state index in [-0.39, 0.29) is 5.91 Å². The third kappa shape index (κ3) is 3.99. The van der Waals surface area contributed by atoms with Gasteiger partial charge in [0.15, 0.2) is 5.69 Å². The Balaban J connectivity index is 2.27. The molecule has 5 nitrogen and oxygen atoms in total. The molecule has 0 aliphatic rings. The number of likely N-dealkylation sites (N-methyl/N-ethyl adjacent to an activating group) is 1. The van der Waals surface area contributed by atoms with E-state index in [1.54, 1.807) is 4.68 Å². The summed E-state index contributed by atoms with van der Waals surface area (Å²) >= 11 is 0. The third-order valence-corrected chi connectivity index (χ3v) is 3.89. The highest BCUT2D eigenvalue weighted by Crippen LogP contribution is 2.28. The molecule has 23 heavy (non-hydrogen) atoms. The highest BCUT2D eigenvalue weighted by Gasteiger charge is 2.16. The molecular weight excluding hydrogens is 288 g/mol. The van der Waals surface area contributed by atoms with Gasteiger partial charge >= 0.3 is 0 Å². The maximum absolute atomic E-state index is 12.2. The molecule has 0 aliphatic heterocycles. The number of hydrogen-bond donors (Lipinski definition) is 1. The molecule has 0 saturated carbocycles. The van der Waals surface area contributed by atoms with Crippen LogP contribution in [0.2, 0.25) is 0 Å². The van der Waals surface area contributed by atoms with E-state index in [0.29, 0.717) is 12.2 Å². The summed E-state index contributed by atoms with van der Waals surface area (Å²) in [5.74, 6) is -0.129. The van der Waals surface area contributed by atoms with Gasteiger partial charge in [0.05, 0.1) is 5.69 Å². The number of nitrogens with zero attached hydrogens (tertiary/aromatic N) is 3. The van der Waals surface area contributed by atoms with Crippen molar-refractivity contribution in [1.29, 1.82) is 0 Å². The number of rotatable bonds is 5. The van der Waals surface area contributed by atoms with E-state index < -0.39 is 0 Å². The molecule has 0 spiro atoms. The maximum Gasteiger partial charge on any atom is 0.271 e. The first kappa shape index (κ1) is 17.2. The SMILES string of the molecule is Cc1cc(C)c(-c2cc(C(=O)NCCN(C)C)nn2C)c(C)c1. The van der Waals surface area contributed by atoms with Crippen LogP contribution in [0.4, 0.5) is 0 Å². The lowest BCUT2D eigenvalue weighted by Gasteiger charge is -2.11. The first-order chi connectivity index (χ1) is 10.8. The van der Waals surface area contributed by atoms with Gasteiger partial charge in [0.1, 0.15) is 0 Å². The minimum absolute atomic E-state index is 0.129. The molecule has 0 bridgehead atoms. The Morgan fingerprint density at radius 2 is 1.78 bits per heavy atom. The Hall–Kier alpha value is -2.14. The first-order valence-corrected chi connectivity index (χ1v) is 7.84. The Morgan fingerprint density at radius 3 is 2.35 bits per heavy atom. The summed E-state index contributed by atoms with van der Waals surface area (Å²) in [6.45, 7) is 7.71. The van der Waals surface area contributed by atoms with E-state index in [1.807, 2.05) is 32.1 Å². The molecule has 0 unspecified atom stereocenters. The zero-order valence-electron chi connectivity index (χ0n) is 14.9. The van der Waals surface area contributed by atoms with Crippen LogP contribution >= 0.6 is 0 Å². The second kappa shape index (κ2) is 6.96. The molecule has 124 valence electrons. The summed E-state index contributed by atoms with van der Waals surface area (Å²) in [5, 5.41) is 7.28. The lowest BCUT2D eigenvalue weighted by molar-refractivity contribution is 0.0945. The number of aryl methyl sites for hydroxylation is 4. The predicted molar refractivity (Wildman–Crippen MR) is 93.7 cm³/mol. The van der Waals surface area contributed by atoms with Gasteiger partial charge in [0.2, 0.25) is 0 Å². The fraction of sp³-hybridized carbons (Fsp3) is 0.444. The van der Waals surface area contributed by atoms with Crippen LogP contribution in [0, 0.1) is 20.8 Å². The number of amides is 1. The van der Waals surface area contributed by atoms with Crippen LogP contribution in [0.5, 0.6) is 0 Å². The van der Waals surface area contributed by atoms with Crippen molar-refractivity contribution in [2.75, 3.05) is 27.2 Å². The fourth-order valence-corrected chi connectivity index (χ4v) is 2.88. The molecule has 0 aliphatic carbocycles. The summed E-state index contributed by atoms with van der Waals surface area (Å²) in [6.07, 6.45) is 0. The van der Waals surface area contributed by atoms with Gasteiger partial charge in [-0.05, 0) is 52.1 Å². The van der Waals surface area contributed by atoms with E-state index in [0.717, 1.165) is 17.8 Å². The van der Waals surface area contributed by atoms with Gasteiger partial charge in [0.25, 0.3) is 5.91 Å². The fourth-order valence-electron chi connectivity index (χ4n) is 2.88. The first-order valence-electron chi connectivity index (χ1n) is 7.84. The summed E-state index contributed by atoms with van der Waals surface area (Å²) < 4.78 is 1.78. The van der Waals surface area contributed by atoms with Gasteiger partial charge in [-0.15, -0.1) is 0 Å². The van der Waals surface area contributed by atoms with Crippen LogP contribution in [0.1, 0.15) is 27.2 Å². The van der Waals surface area contributed by atoms with Crippen LogP contribution in [-0.4, -0.2) is 47.8 Å². The lowest BCUT2D eigenvalue weighted by atomic mass is 9.97. The molecule has 2 rings (SSSR count). The van der Waals surface area contributed by atoms with Gasteiger partial charge in [-0.2, -0.15) is 5.10 Å². The standard InChI is InChI=1S/C18H26N4O/c1-12-9-13(2)17(14(3)10-12)16-11-15(20-22(16)6)18(23)19-7-8-21(4)5/h9-11H,7-8H2,1-6H3,(H,19,23). The molecule has 1 N–H and O–H groups in total. The van der Waals surface area contributed by atoms with Gasteiger partial charge in [-0.1, -0.05) is 17.7 Å². The second-order valence-electron chi connectivity index (χ2n) is 6.37. The largest absolute Gasteiger partial charge is 0.349 e. The number of benzene rings is 1. The highest BCUT2D eigenvalue weighted by molar-refractivity contribution is 5.93. The number of carbonyl (C=O) groups is 1. The monoisotopic (exact) mass is 314 g/mol. The lowest BCUT2D eigenvalue weighted by Crippen LogP contribution is -2.31. The predicted octanol–water partition coefficient (Wildman–Crippen LogP) is 2.30. The van der Waals surface area contributed by atoms with Crippen molar-refractivity contribution in [3.8, 4) is 11.3 Å². The minimum atomic E-state index is -0.129. The van der Waals surface area contributed by atoms with E-state index >= 15 is 0 Å². The van der Waals surface area contributed by atoms with E-state index in [9.17, 15) is 4.79 Å². The Kier molecular flexibility index (Phi) is 5.21. The Morgan fingerprint density at radius 1 is 1.17 bits per heavy atom. The smallest absolute Gasteiger partial charge is 0.271 e. The van der Waals surface area contributed by atoms with Crippen molar-refractivity contribution < 1.29 is 4.79 Å². The van der Waals surface area contributed by atoms with Crippen LogP contribution < -0.4 is 5.32 Å². The van der Waals surface area contributed by atoms with Gasteiger partial charge in [-0.3, -0.25) is 9.48 Å². The molecule has 2 aromatic rings. The third-order valence-electron chi connectivity index (χ3n) is 3.89. The van der Waals surface area contributed by atoms with E-state index in [4.69, 9.17) is 0 Å². The van der Waals surface area contributed by atoms with Crippen LogP contribution in [0.25, 0.3) is 11.3 Å². The molecular formula is C18H26N4O. The van der Waals surface area contributed by atoms with Gasteiger partial charge in [-0.25, -0.2) is 0 Å². The second-order valence-corrected chi connectivity index (χ2v) is 6.37. The van der Waals surface area contributed by atoms with E-state index in [1.165, 1.54) is 16.7 Å². The van der Waals surface area contributed by atoms with Crippen molar-refractivity contribution in [1.82, 2.24) is 20.0 Å². The molecule has 1 aromatic carbocycles. The number of aromatic nitrogens is 2. The van der Waals surface area contributed by atoms with Crippen LogP contribution in [0.3, 0.4) is 0 Å². The average molecular weight is 314 g/mol. The van der Waals surface area contributed by atoms with Crippen molar-refractivity contribution in [3.63, 3.8) is 0 Å². The summed E-state index contributed by atoms with van der Waals surface area (Å²) in [6, 6.07) is 6.19. The zero-order chi connectivity index (χ0) is 17.1. The van der Waals surface area contributed by atoms with Crippen LogP contribution in [0.15, 0.2) is 18.2 Å². The zero-order valence-corrected chi connectivity index (χ0v) is 14.9.